The minimum absolute atomic E-state index is 0.0262. The molecule has 1 aromatic carbocycles. The van der Waals surface area contributed by atoms with E-state index in [0.29, 0.717) is 25.3 Å². The zero-order chi connectivity index (χ0) is 13.9. The second-order valence-corrected chi connectivity index (χ2v) is 6.49. The number of hydrogen-bond donors (Lipinski definition) is 1. The van der Waals surface area contributed by atoms with Gasteiger partial charge in [-0.15, -0.1) is 0 Å². The lowest BCUT2D eigenvalue weighted by atomic mass is 9.87. The Balaban J connectivity index is 1.75. The molecule has 1 aliphatic carbocycles. The normalized spacial score (nSPS) is 19.6. The maximum atomic E-state index is 13.0. The molecule has 0 unspecified atom stereocenters. The highest BCUT2D eigenvalue weighted by atomic mass is 79.9. The lowest BCUT2D eigenvalue weighted by Gasteiger charge is -2.28. The highest BCUT2D eigenvalue weighted by Crippen LogP contribution is 2.35. The minimum Gasteiger partial charge on any atom is -0.312 e. The fourth-order valence-electron chi connectivity index (χ4n) is 2.38. The quantitative estimate of drug-likeness (QED) is 0.802. The number of halogens is 4. The third kappa shape index (κ3) is 4.69. The van der Waals surface area contributed by atoms with Crippen LogP contribution in [0.15, 0.2) is 22.7 Å². The Hall–Kier alpha value is -0.190. The smallest absolute Gasteiger partial charge is 0.248 e. The van der Waals surface area contributed by atoms with E-state index in [1.165, 1.54) is 0 Å². The standard InChI is InChI=1S/C14H17BrClF2N/c15-12-2-1-11(13(16)7-12)9-19-8-10-3-5-14(17,18)6-4-10/h1-2,7,10,19H,3-6,8-9H2. The molecule has 0 bridgehead atoms. The van der Waals surface area contributed by atoms with Crippen molar-refractivity contribution in [2.75, 3.05) is 6.54 Å². The number of nitrogens with one attached hydrogen (secondary N) is 1. The molecule has 5 heteroatoms. The van der Waals surface area contributed by atoms with Gasteiger partial charge in [-0.2, -0.15) is 0 Å². The van der Waals surface area contributed by atoms with Crippen LogP contribution >= 0.6 is 27.5 Å². The molecule has 0 radical (unpaired) electrons. The monoisotopic (exact) mass is 351 g/mol. The van der Waals surface area contributed by atoms with Crippen LogP contribution in [0, 0.1) is 5.92 Å². The van der Waals surface area contributed by atoms with Crippen molar-refractivity contribution in [1.29, 1.82) is 0 Å². The molecule has 1 aromatic rings. The Morgan fingerprint density at radius 2 is 2.00 bits per heavy atom. The van der Waals surface area contributed by atoms with Gasteiger partial charge in [-0.25, -0.2) is 8.78 Å². The summed E-state index contributed by atoms with van der Waals surface area (Å²) in [6.07, 6.45) is 1.26. The average Bonchev–Trinajstić information content (AvgIpc) is 2.34. The van der Waals surface area contributed by atoms with Gasteiger partial charge in [0.1, 0.15) is 0 Å². The van der Waals surface area contributed by atoms with E-state index in [9.17, 15) is 8.78 Å². The van der Waals surface area contributed by atoms with E-state index in [0.717, 1.165) is 21.6 Å². The summed E-state index contributed by atoms with van der Waals surface area (Å²) >= 11 is 9.48. The molecule has 0 amide bonds. The summed E-state index contributed by atoms with van der Waals surface area (Å²) in [5.74, 6) is -2.08. The molecule has 106 valence electrons. The summed E-state index contributed by atoms with van der Waals surface area (Å²) in [6.45, 7) is 1.46. The molecule has 19 heavy (non-hydrogen) atoms. The van der Waals surface area contributed by atoms with Gasteiger partial charge in [-0.05, 0) is 43.0 Å². The van der Waals surface area contributed by atoms with E-state index in [2.05, 4.69) is 21.2 Å². The van der Waals surface area contributed by atoms with Crippen LogP contribution in [0.25, 0.3) is 0 Å². The third-order valence-corrected chi connectivity index (χ3v) is 4.45. The van der Waals surface area contributed by atoms with Gasteiger partial charge in [0.25, 0.3) is 0 Å². The van der Waals surface area contributed by atoms with Crippen LogP contribution in [0.3, 0.4) is 0 Å². The van der Waals surface area contributed by atoms with E-state index < -0.39 is 5.92 Å². The molecular formula is C14H17BrClF2N. The van der Waals surface area contributed by atoms with Crippen LogP contribution in [-0.2, 0) is 6.54 Å². The molecule has 1 saturated carbocycles. The maximum Gasteiger partial charge on any atom is 0.248 e. The van der Waals surface area contributed by atoms with Gasteiger partial charge in [0.2, 0.25) is 5.92 Å². The number of rotatable bonds is 4. The molecule has 0 atom stereocenters. The summed E-state index contributed by atoms with van der Waals surface area (Å²) in [6, 6.07) is 5.78. The molecule has 2 rings (SSSR count). The Labute approximate surface area is 125 Å². The van der Waals surface area contributed by atoms with Gasteiger partial charge in [0, 0.05) is 28.9 Å². The topological polar surface area (TPSA) is 12.0 Å². The molecule has 0 aliphatic heterocycles. The maximum absolute atomic E-state index is 13.0. The lowest BCUT2D eigenvalue weighted by Crippen LogP contribution is -2.30. The van der Waals surface area contributed by atoms with Crippen molar-refractivity contribution in [3.8, 4) is 0 Å². The van der Waals surface area contributed by atoms with Crippen molar-refractivity contribution in [3.05, 3.63) is 33.3 Å². The van der Waals surface area contributed by atoms with E-state index in [1.807, 2.05) is 18.2 Å². The molecule has 0 saturated heterocycles. The van der Waals surface area contributed by atoms with Gasteiger partial charge in [-0.1, -0.05) is 33.6 Å². The summed E-state index contributed by atoms with van der Waals surface area (Å²) in [5.41, 5.74) is 1.03. The summed E-state index contributed by atoms with van der Waals surface area (Å²) in [7, 11) is 0. The molecule has 0 heterocycles. The van der Waals surface area contributed by atoms with E-state index in [-0.39, 0.29) is 12.8 Å². The van der Waals surface area contributed by atoms with Crippen LogP contribution in [0.2, 0.25) is 5.02 Å². The molecule has 1 aliphatic rings. The zero-order valence-electron chi connectivity index (χ0n) is 10.6. The van der Waals surface area contributed by atoms with Gasteiger partial charge in [-0.3, -0.25) is 0 Å². The van der Waals surface area contributed by atoms with Crippen molar-refractivity contribution in [3.63, 3.8) is 0 Å². The van der Waals surface area contributed by atoms with Crippen LogP contribution in [0.5, 0.6) is 0 Å². The van der Waals surface area contributed by atoms with Crippen molar-refractivity contribution in [2.45, 2.75) is 38.2 Å². The summed E-state index contributed by atoms with van der Waals surface area (Å²) in [5, 5.41) is 4.03. The van der Waals surface area contributed by atoms with Crippen LogP contribution in [0.1, 0.15) is 31.2 Å². The predicted molar refractivity (Wildman–Crippen MR) is 77.8 cm³/mol. The Morgan fingerprint density at radius 1 is 1.32 bits per heavy atom. The van der Waals surface area contributed by atoms with E-state index in [1.54, 1.807) is 0 Å². The Kier molecular flexibility index (Phi) is 5.21. The highest BCUT2D eigenvalue weighted by molar-refractivity contribution is 9.10. The first-order valence-electron chi connectivity index (χ1n) is 6.49. The van der Waals surface area contributed by atoms with E-state index >= 15 is 0 Å². The van der Waals surface area contributed by atoms with Crippen molar-refractivity contribution in [1.82, 2.24) is 5.32 Å². The van der Waals surface area contributed by atoms with Gasteiger partial charge in [0.15, 0.2) is 0 Å². The molecule has 0 spiro atoms. The second kappa shape index (κ2) is 6.51. The minimum atomic E-state index is -2.44. The second-order valence-electron chi connectivity index (χ2n) is 5.17. The number of hydrogen-bond acceptors (Lipinski definition) is 1. The average molecular weight is 353 g/mol. The van der Waals surface area contributed by atoms with Crippen LogP contribution < -0.4 is 5.32 Å². The first-order chi connectivity index (χ1) is 8.96. The van der Waals surface area contributed by atoms with Gasteiger partial charge in [0.05, 0.1) is 0 Å². The van der Waals surface area contributed by atoms with Crippen molar-refractivity contribution >= 4 is 27.5 Å². The molecule has 1 fully saturated rings. The molecule has 0 aromatic heterocycles. The highest BCUT2D eigenvalue weighted by Gasteiger charge is 2.34. The SMILES string of the molecule is FC1(F)CCC(CNCc2ccc(Br)cc2Cl)CC1. The summed E-state index contributed by atoms with van der Waals surface area (Å²) < 4.78 is 27.0. The first kappa shape index (κ1) is 15.2. The third-order valence-electron chi connectivity index (χ3n) is 3.60. The Bertz CT molecular complexity index is 429. The van der Waals surface area contributed by atoms with Crippen LogP contribution in [-0.4, -0.2) is 12.5 Å². The zero-order valence-corrected chi connectivity index (χ0v) is 12.9. The number of alkyl halides is 2. The van der Waals surface area contributed by atoms with Crippen molar-refractivity contribution in [2.24, 2.45) is 5.92 Å². The van der Waals surface area contributed by atoms with Gasteiger partial charge < -0.3 is 5.32 Å². The molecule has 1 nitrogen and oxygen atoms in total. The lowest BCUT2D eigenvalue weighted by molar-refractivity contribution is -0.0455. The predicted octanol–water partition coefficient (Wildman–Crippen LogP) is 5.02. The van der Waals surface area contributed by atoms with E-state index in [4.69, 9.17) is 11.6 Å². The summed E-state index contributed by atoms with van der Waals surface area (Å²) in [4.78, 5) is 0. The van der Waals surface area contributed by atoms with Crippen LogP contribution in [0.4, 0.5) is 8.78 Å². The Morgan fingerprint density at radius 3 is 2.63 bits per heavy atom. The number of benzene rings is 1. The molecule has 1 N–H and O–H groups in total. The fourth-order valence-corrected chi connectivity index (χ4v) is 3.12. The van der Waals surface area contributed by atoms with Gasteiger partial charge >= 0.3 is 0 Å². The molecular weight excluding hydrogens is 336 g/mol. The largest absolute Gasteiger partial charge is 0.312 e. The van der Waals surface area contributed by atoms with Crippen molar-refractivity contribution < 1.29 is 8.78 Å². The fraction of sp³-hybridized carbons (Fsp3) is 0.571. The first-order valence-corrected chi connectivity index (χ1v) is 7.66.